The second-order valence-electron chi connectivity index (χ2n) is 5.11. The number of carbonyl (C=O) groups is 1. The quantitative estimate of drug-likeness (QED) is 0.748. The number of pyridine rings is 1. The van der Waals surface area contributed by atoms with Crippen LogP contribution in [0, 0.1) is 0 Å². The number of hydrogen-bond acceptors (Lipinski definition) is 3. The van der Waals surface area contributed by atoms with Gasteiger partial charge in [-0.2, -0.15) is 0 Å². The third-order valence-electron chi connectivity index (χ3n) is 3.36. The van der Waals surface area contributed by atoms with Gasteiger partial charge in [0.15, 0.2) is 11.5 Å². The first-order valence-corrected chi connectivity index (χ1v) is 7.55. The van der Waals surface area contributed by atoms with Crippen molar-refractivity contribution in [1.29, 1.82) is 0 Å². The van der Waals surface area contributed by atoms with Gasteiger partial charge in [0.25, 0.3) is 0 Å². The number of aromatic nitrogens is 3. The summed E-state index contributed by atoms with van der Waals surface area (Å²) in [6, 6.07) is 12.7. The zero-order valence-corrected chi connectivity index (χ0v) is 13.2. The summed E-state index contributed by atoms with van der Waals surface area (Å²) < 4.78 is 1.85. The number of nitrogens with zero attached hydrogens (tertiary/aromatic N) is 3. The fourth-order valence-electron chi connectivity index (χ4n) is 2.26. The van der Waals surface area contributed by atoms with Crippen molar-refractivity contribution >= 4 is 29.2 Å². The lowest BCUT2D eigenvalue weighted by Crippen LogP contribution is -2.26. The normalized spacial score (nSPS) is 12.6. The second kappa shape index (κ2) is 6.62. The predicted molar refractivity (Wildman–Crippen MR) is 90.0 cm³/mol. The van der Waals surface area contributed by atoms with E-state index in [-0.39, 0.29) is 11.9 Å². The summed E-state index contributed by atoms with van der Waals surface area (Å²) in [5.74, 6) is 0.482. The highest BCUT2D eigenvalue weighted by Gasteiger charge is 2.14. The molecule has 0 fully saturated rings. The number of halogens is 1. The summed E-state index contributed by atoms with van der Waals surface area (Å²) in [6.07, 6.45) is 5.07. The van der Waals surface area contributed by atoms with Crippen molar-refractivity contribution in [2.45, 2.75) is 13.0 Å². The summed E-state index contributed by atoms with van der Waals surface area (Å²) in [5, 5.41) is 11.7. The lowest BCUT2D eigenvalue weighted by Gasteiger charge is -2.10. The number of fused-ring (bicyclic) bond motifs is 1. The molecule has 23 heavy (non-hydrogen) atoms. The Hall–Kier alpha value is -2.66. The van der Waals surface area contributed by atoms with E-state index in [4.69, 9.17) is 11.6 Å². The molecule has 3 aromatic rings. The number of benzene rings is 1. The molecule has 0 aliphatic rings. The van der Waals surface area contributed by atoms with Gasteiger partial charge in [0.1, 0.15) is 0 Å². The van der Waals surface area contributed by atoms with E-state index in [1.165, 1.54) is 6.08 Å². The Balaban J connectivity index is 1.70. The Morgan fingerprint density at radius 3 is 2.96 bits per heavy atom. The van der Waals surface area contributed by atoms with Crippen LogP contribution >= 0.6 is 11.6 Å². The molecule has 0 saturated heterocycles. The number of nitrogens with one attached hydrogen (secondary N) is 1. The highest BCUT2D eigenvalue weighted by molar-refractivity contribution is 6.30. The molecule has 0 bridgehead atoms. The van der Waals surface area contributed by atoms with Crippen molar-refractivity contribution < 1.29 is 4.79 Å². The maximum atomic E-state index is 12.1. The molecule has 2 heterocycles. The molecule has 3 rings (SSSR count). The van der Waals surface area contributed by atoms with Gasteiger partial charge in [0, 0.05) is 17.3 Å². The van der Waals surface area contributed by atoms with Gasteiger partial charge in [-0.15, -0.1) is 10.2 Å². The SMILES string of the molecule is CC(NC(=O)/C=C/c1cccc(Cl)c1)c1nnc2ccccn12. The van der Waals surface area contributed by atoms with Crippen molar-refractivity contribution in [2.75, 3.05) is 0 Å². The van der Waals surface area contributed by atoms with Crippen LogP contribution in [0.25, 0.3) is 11.7 Å². The molecule has 1 amide bonds. The molecular weight excluding hydrogens is 312 g/mol. The Morgan fingerprint density at radius 1 is 1.26 bits per heavy atom. The molecule has 6 heteroatoms. The van der Waals surface area contributed by atoms with Crippen LogP contribution in [-0.4, -0.2) is 20.5 Å². The Bertz CT molecular complexity index is 872. The maximum absolute atomic E-state index is 12.1. The van der Waals surface area contributed by atoms with E-state index in [1.807, 2.05) is 47.9 Å². The third-order valence-corrected chi connectivity index (χ3v) is 3.60. The van der Waals surface area contributed by atoms with Crippen LogP contribution in [0.5, 0.6) is 0 Å². The van der Waals surface area contributed by atoms with E-state index in [0.717, 1.165) is 11.2 Å². The van der Waals surface area contributed by atoms with Crippen LogP contribution in [0.15, 0.2) is 54.7 Å². The van der Waals surface area contributed by atoms with E-state index >= 15 is 0 Å². The molecule has 116 valence electrons. The van der Waals surface area contributed by atoms with Gasteiger partial charge in [0.2, 0.25) is 5.91 Å². The smallest absolute Gasteiger partial charge is 0.244 e. The van der Waals surface area contributed by atoms with Crippen LogP contribution in [0.2, 0.25) is 5.02 Å². The van der Waals surface area contributed by atoms with E-state index in [9.17, 15) is 4.79 Å². The first-order valence-electron chi connectivity index (χ1n) is 7.17. The zero-order valence-electron chi connectivity index (χ0n) is 12.5. The number of amides is 1. The monoisotopic (exact) mass is 326 g/mol. The van der Waals surface area contributed by atoms with Crippen LogP contribution < -0.4 is 5.32 Å². The van der Waals surface area contributed by atoms with Gasteiger partial charge < -0.3 is 5.32 Å². The summed E-state index contributed by atoms with van der Waals surface area (Å²) in [6.45, 7) is 1.87. The van der Waals surface area contributed by atoms with Gasteiger partial charge >= 0.3 is 0 Å². The molecule has 1 aromatic carbocycles. The summed E-state index contributed by atoms with van der Waals surface area (Å²) >= 11 is 5.92. The van der Waals surface area contributed by atoms with Crippen LogP contribution in [0.4, 0.5) is 0 Å². The molecule has 0 aliphatic carbocycles. The van der Waals surface area contributed by atoms with E-state index in [2.05, 4.69) is 15.5 Å². The van der Waals surface area contributed by atoms with Gasteiger partial charge in [-0.3, -0.25) is 9.20 Å². The van der Waals surface area contributed by atoms with Gasteiger partial charge in [-0.05, 0) is 42.8 Å². The Morgan fingerprint density at radius 2 is 2.13 bits per heavy atom. The first-order chi connectivity index (χ1) is 11.1. The highest BCUT2D eigenvalue weighted by atomic mass is 35.5. The van der Waals surface area contributed by atoms with Crippen molar-refractivity contribution in [1.82, 2.24) is 19.9 Å². The topological polar surface area (TPSA) is 59.3 Å². The molecule has 1 unspecified atom stereocenters. The standard InChI is InChI=1S/C17H15ClN4O/c1-12(17-21-20-15-7-2-3-10-22(15)17)19-16(23)9-8-13-5-4-6-14(18)11-13/h2-12H,1H3,(H,19,23)/b9-8+. The van der Waals surface area contributed by atoms with Crippen molar-refractivity contribution in [2.24, 2.45) is 0 Å². The predicted octanol–water partition coefficient (Wildman–Crippen LogP) is 3.27. The first kappa shape index (κ1) is 15.2. The van der Waals surface area contributed by atoms with Crippen LogP contribution in [0.1, 0.15) is 24.4 Å². The molecule has 1 N–H and O–H groups in total. The molecule has 0 spiro atoms. The molecule has 0 radical (unpaired) electrons. The second-order valence-corrected chi connectivity index (χ2v) is 5.54. The lowest BCUT2D eigenvalue weighted by atomic mass is 10.2. The molecule has 1 atom stereocenters. The number of hydrogen-bond donors (Lipinski definition) is 1. The Labute approximate surface area is 138 Å². The average Bonchev–Trinajstić information content (AvgIpc) is 2.97. The fourth-order valence-corrected chi connectivity index (χ4v) is 2.46. The number of rotatable bonds is 4. The van der Waals surface area contributed by atoms with Crippen LogP contribution in [-0.2, 0) is 4.79 Å². The fraction of sp³-hybridized carbons (Fsp3) is 0.118. The van der Waals surface area contributed by atoms with Crippen molar-refractivity contribution in [3.05, 3.63) is 71.1 Å². The summed E-state index contributed by atoms with van der Waals surface area (Å²) in [5.41, 5.74) is 1.62. The van der Waals surface area contributed by atoms with Gasteiger partial charge in [-0.25, -0.2) is 0 Å². The Kier molecular flexibility index (Phi) is 4.39. The maximum Gasteiger partial charge on any atom is 0.244 e. The minimum absolute atomic E-state index is 0.204. The average molecular weight is 327 g/mol. The van der Waals surface area contributed by atoms with Crippen molar-refractivity contribution in [3.63, 3.8) is 0 Å². The highest BCUT2D eigenvalue weighted by Crippen LogP contribution is 2.13. The zero-order chi connectivity index (χ0) is 16.2. The minimum Gasteiger partial charge on any atom is -0.343 e. The largest absolute Gasteiger partial charge is 0.343 e. The van der Waals surface area contributed by atoms with E-state index in [1.54, 1.807) is 18.2 Å². The molecular formula is C17H15ClN4O. The minimum atomic E-state index is -0.260. The molecule has 5 nitrogen and oxygen atoms in total. The lowest BCUT2D eigenvalue weighted by molar-refractivity contribution is -0.117. The summed E-state index contributed by atoms with van der Waals surface area (Å²) in [4.78, 5) is 12.1. The number of carbonyl (C=O) groups excluding carboxylic acids is 1. The van der Waals surface area contributed by atoms with E-state index < -0.39 is 0 Å². The van der Waals surface area contributed by atoms with Crippen LogP contribution in [0.3, 0.4) is 0 Å². The molecule has 2 aromatic heterocycles. The van der Waals surface area contributed by atoms with Gasteiger partial charge in [-0.1, -0.05) is 29.8 Å². The third kappa shape index (κ3) is 3.57. The van der Waals surface area contributed by atoms with Gasteiger partial charge in [0.05, 0.1) is 6.04 Å². The molecule has 0 aliphatic heterocycles. The summed E-state index contributed by atoms with van der Waals surface area (Å²) in [7, 11) is 0. The molecule has 0 saturated carbocycles. The van der Waals surface area contributed by atoms with E-state index in [0.29, 0.717) is 10.8 Å². The van der Waals surface area contributed by atoms with Crippen molar-refractivity contribution in [3.8, 4) is 0 Å².